The lowest BCUT2D eigenvalue weighted by atomic mass is 9.74. The Balaban J connectivity index is 2.26. The van der Waals surface area contributed by atoms with Gasteiger partial charge < -0.3 is 12.9 Å². The molecule has 76 valence electrons. The van der Waals surface area contributed by atoms with Crippen molar-refractivity contribution in [3.8, 4) is 0 Å². The van der Waals surface area contributed by atoms with Gasteiger partial charge in [0.2, 0.25) is 0 Å². The van der Waals surface area contributed by atoms with E-state index in [0.717, 1.165) is 30.9 Å². The van der Waals surface area contributed by atoms with Crippen LogP contribution in [0.15, 0.2) is 24.3 Å². The van der Waals surface area contributed by atoms with Gasteiger partial charge in [-0.05, 0) is 24.3 Å². The second-order valence-electron chi connectivity index (χ2n) is 3.87. The molecule has 0 radical (unpaired) electrons. The molecule has 1 aromatic carbocycles. The highest BCUT2D eigenvalue weighted by Gasteiger charge is 2.27. The van der Waals surface area contributed by atoms with Crippen LogP contribution >= 0.6 is 0 Å². The summed E-state index contributed by atoms with van der Waals surface area (Å²) in [5, 5.41) is 0. The van der Waals surface area contributed by atoms with E-state index in [1.54, 1.807) is 6.07 Å². The molecule has 2 rings (SSSR count). The van der Waals surface area contributed by atoms with Crippen LogP contribution in [0.5, 0.6) is 0 Å². The summed E-state index contributed by atoms with van der Waals surface area (Å²) in [6.07, 6.45) is 3.22. The van der Waals surface area contributed by atoms with Gasteiger partial charge in [0.25, 0.3) is 0 Å². The van der Waals surface area contributed by atoms with Gasteiger partial charge in [-0.1, -0.05) is 30.7 Å². The summed E-state index contributed by atoms with van der Waals surface area (Å²) in [6.45, 7) is -4.83. The maximum Gasteiger partial charge on any atom is 0.509 e. The molecule has 1 saturated carbocycles. The smallest absolute Gasteiger partial charge is 0.445 e. The Labute approximate surface area is 81.2 Å². The van der Waals surface area contributed by atoms with E-state index >= 15 is 0 Å². The summed E-state index contributed by atoms with van der Waals surface area (Å²) in [4.78, 5) is 0. The average molecular weight is 199 g/mol. The predicted molar refractivity (Wildman–Crippen MR) is 51.7 cm³/mol. The molecule has 1 aliphatic rings. The van der Waals surface area contributed by atoms with Crippen molar-refractivity contribution in [1.29, 1.82) is 0 Å². The van der Waals surface area contributed by atoms with Gasteiger partial charge in [0.05, 0.1) is 0 Å². The third kappa shape index (κ3) is 1.79. The van der Waals surface area contributed by atoms with E-state index in [0.29, 0.717) is 5.92 Å². The molecular formula is C10H11BF3-. The average Bonchev–Trinajstić information content (AvgIpc) is 2.00. The Morgan fingerprint density at radius 1 is 1.14 bits per heavy atom. The minimum Gasteiger partial charge on any atom is -0.445 e. The third-order valence-corrected chi connectivity index (χ3v) is 2.87. The Kier molecular flexibility index (Phi) is 2.29. The molecule has 1 aromatic rings. The maximum atomic E-state index is 12.4. The van der Waals surface area contributed by atoms with Crippen LogP contribution in [0.25, 0.3) is 0 Å². The van der Waals surface area contributed by atoms with Crippen LogP contribution in [0.1, 0.15) is 30.7 Å². The van der Waals surface area contributed by atoms with Crippen molar-refractivity contribution < 1.29 is 12.9 Å². The monoisotopic (exact) mass is 199 g/mol. The van der Waals surface area contributed by atoms with E-state index in [9.17, 15) is 12.9 Å². The number of halogens is 3. The maximum absolute atomic E-state index is 12.4. The van der Waals surface area contributed by atoms with Crippen molar-refractivity contribution in [3.05, 3.63) is 29.8 Å². The van der Waals surface area contributed by atoms with Crippen LogP contribution in [-0.4, -0.2) is 6.98 Å². The molecule has 14 heavy (non-hydrogen) atoms. The molecule has 0 heterocycles. The molecule has 1 aliphatic carbocycles. The first-order chi connectivity index (χ1) is 6.57. The molecule has 0 saturated heterocycles. The fourth-order valence-corrected chi connectivity index (χ4v) is 1.76. The second-order valence-corrected chi connectivity index (χ2v) is 3.87. The van der Waals surface area contributed by atoms with E-state index < -0.39 is 12.4 Å². The first-order valence-corrected chi connectivity index (χ1v) is 4.87. The van der Waals surface area contributed by atoms with Crippen molar-refractivity contribution in [2.75, 3.05) is 0 Å². The molecular weight excluding hydrogens is 188 g/mol. The molecule has 0 aliphatic heterocycles. The van der Waals surface area contributed by atoms with Gasteiger partial charge in [0, 0.05) is 0 Å². The third-order valence-electron chi connectivity index (χ3n) is 2.87. The Bertz CT molecular complexity index is 328. The zero-order valence-corrected chi connectivity index (χ0v) is 7.72. The first kappa shape index (κ1) is 9.62. The second kappa shape index (κ2) is 3.33. The summed E-state index contributed by atoms with van der Waals surface area (Å²) in [5.41, 5.74) is 0.391. The summed E-state index contributed by atoms with van der Waals surface area (Å²) >= 11 is 0. The van der Waals surface area contributed by atoms with Crippen LogP contribution in [0, 0.1) is 0 Å². The molecule has 0 atom stereocenters. The standard InChI is InChI=1S/C10H11BF3/c12-11(13,14)10-6-2-5-9(7-10)8-3-1-4-8/h2,5-8H,1,3-4H2/q-1. The van der Waals surface area contributed by atoms with Crippen molar-refractivity contribution in [3.63, 3.8) is 0 Å². The number of hydrogen-bond donors (Lipinski definition) is 0. The van der Waals surface area contributed by atoms with Crippen LogP contribution in [0.3, 0.4) is 0 Å². The lowest BCUT2D eigenvalue weighted by Crippen LogP contribution is -2.34. The van der Waals surface area contributed by atoms with E-state index in [2.05, 4.69) is 0 Å². The van der Waals surface area contributed by atoms with Gasteiger partial charge in [-0.2, -0.15) is 0 Å². The Morgan fingerprint density at radius 2 is 1.86 bits per heavy atom. The molecule has 0 amide bonds. The van der Waals surface area contributed by atoms with Crippen LogP contribution < -0.4 is 5.46 Å². The Morgan fingerprint density at radius 3 is 2.36 bits per heavy atom. The highest BCUT2D eigenvalue weighted by molar-refractivity contribution is 6.73. The van der Waals surface area contributed by atoms with Gasteiger partial charge in [-0.25, -0.2) is 0 Å². The van der Waals surface area contributed by atoms with Gasteiger partial charge >= 0.3 is 6.98 Å². The van der Waals surface area contributed by atoms with Crippen molar-refractivity contribution in [2.24, 2.45) is 0 Å². The minimum absolute atomic E-state index is 0.369. The van der Waals surface area contributed by atoms with E-state index in [1.165, 1.54) is 12.1 Å². The number of benzene rings is 1. The van der Waals surface area contributed by atoms with Crippen LogP contribution in [0.4, 0.5) is 12.9 Å². The topological polar surface area (TPSA) is 0 Å². The van der Waals surface area contributed by atoms with Gasteiger partial charge in [-0.3, -0.25) is 0 Å². The normalized spacial score (nSPS) is 17.9. The molecule has 1 fully saturated rings. The fourth-order valence-electron chi connectivity index (χ4n) is 1.76. The van der Waals surface area contributed by atoms with Crippen molar-refractivity contribution >= 4 is 12.4 Å². The molecule has 0 unspecified atom stereocenters. The quantitative estimate of drug-likeness (QED) is 0.642. The van der Waals surface area contributed by atoms with E-state index in [-0.39, 0.29) is 0 Å². The minimum atomic E-state index is -4.83. The highest BCUT2D eigenvalue weighted by Crippen LogP contribution is 2.35. The highest BCUT2D eigenvalue weighted by atomic mass is 19.4. The zero-order chi connectivity index (χ0) is 10.2. The van der Waals surface area contributed by atoms with E-state index in [1.807, 2.05) is 0 Å². The summed E-state index contributed by atoms with van der Waals surface area (Å²) in [5.74, 6) is 0.369. The summed E-state index contributed by atoms with van der Waals surface area (Å²) in [6, 6.07) is 5.78. The largest absolute Gasteiger partial charge is 0.509 e. The lowest BCUT2D eigenvalue weighted by molar-refractivity contribution is 0.419. The van der Waals surface area contributed by atoms with Gasteiger partial charge in [0.15, 0.2) is 0 Å². The number of rotatable bonds is 2. The van der Waals surface area contributed by atoms with Crippen LogP contribution in [0.2, 0.25) is 0 Å². The molecule has 0 aromatic heterocycles. The van der Waals surface area contributed by atoms with Crippen molar-refractivity contribution in [2.45, 2.75) is 25.2 Å². The zero-order valence-electron chi connectivity index (χ0n) is 7.72. The fraction of sp³-hybridized carbons (Fsp3) is 0.400. The molecule has 0 N–H and O–H groups in total. The first-order valence-electron chi connectivity index (χ1n) is 4.87. The lowest BCUT2D eigenvalue weighted by Gasteiger charge is -2.27. The Hall–Kier alpha value is -0.925. The SMILES string of the molecule is F[B-](F)(F)c1cccc(C2CCC2)c1. The summed E-state index contributed by atoms with van der Waals surface area (Å²) < 4.78 is 37.2. The van der Waals surface area contributed by atoms with Gasteiger partial charge in [-0.15, -0.1) is 5.46 Å². The van der Waals surface area contributed by atoms with Gasteiger partial charge in [0.1, 0.15) is 0 Å². The number of hydrogen-bond acceptors (Lipinski definition) is 0. The van der Waals surface area contributed by atoms with Crippen molar-refractivity contribution in [1.82, 2.24) is 0 Å². The predicted octanol–water partition coefficient (Wildman–Crippen LogP) is 3.01. The van der Waals surface area contributed by atoms with Crippen LogP contribution in [-0.2, 0) is 0 Å². The molecule has 4 heteroatoms. The molecule has 0 nitrogen and oxygen atoms in total. The summed E-state index contributed by atoms with van der Waals surface area (Å²) in [7, 11) is 0. The molecule has 0 bridgehead atoms. The molecule has 0 spiro atoms. The van der Waals surface area contributed by atoms with E-state index in [4.69, 9.17) is 0 Å².